The fourth-order valence-corrected chi connectivity index (χ4v) is 2.02. The molecule has 0 unspecified atom stereocenters. The monoisotopic (exact) mass is 188 g/mol. The van der Waals surface area contributed by atoms with Crippen molar-refractivity contribution in [3.8, 4) is 0 Å². The maximum absolute atomic E-state index is 5.60. The van der Waals surface area contributed by atoms with Crippen LogP contribution in [0.15, 0.2) is 18.2 Å². The molecule has 0 fully saturated rings. The molecule has 0 amide bonds. The summed E-state index contributed by atoms with van der Waals surface area (Å²) >= 11 is 0. The second-order valence-corrected chi connectivity index (χ2v) is 3.76. The molecule has 74 valence electrons. The second-order valence-electron chi connectivity index (χ2n) is 3.76. The van der Waals surface area contributed by atoms with Gasteiger partial charge in [0.2, 0.25) is 0 Å². The third-order valence-corrected chi connectivity index (χ3v) is 2.76. The highest BCUT2D eigenvalue weighted by Gasteiger charge is 2.07. The summed E-state index contributed by atoms with van der Waals surface area (Å²) in [5.41, 5.74) is 10.8. The minimum absolute atomic E-state index is 0.710. The van der Waals surface area contributed by atoms with E-state index in [0.717, 1.165) is 6.42 Å². The molecular formula is C12H16N2. The number of aromatic nitrogens is 1. The van der Waals surface area contributed by atoms with Gasteiger partial charge in [0.1, 0.15) is 0 Å². The van der Waals surface area contributed by atoms with Crippen LogP contribution in [0, 0.1) is 13.8 Å². The number of aryl methyl sites for hydroxylation is 2. The van der Waals surface area contributed by atoms with Crippen LogP contribution in [-0.4, -0.2) is 11.5 Å². The SMILES string of the molecule is Cc1[nH]c2c(C)cccc2c1CCN. The van der Waals surface area contributed by atoms with Crippen molar-refractivity contribution in [2.45, 2.75) is 20.3 Å². The second kappa shape index (κ2) is 3.46. The van der Waals surface area contributed by atoms with E-state index in [1.807, 2.05) is 0 Å². The molecule has 0 aliphatic heterocycles. The van der Waals surface area contributed by atoms with Crippen molar-refractivity contribution in [2.75, 3.05) is 6.54 Å². The van der Waals surface area contributed by atoms with Crippen molar-refractivity contribution in [3.05, 3.63) is 35.0 Å². The van der Waals surface area contributed by atoms with E-state index in [-0.39, 0.29) is 0 Å². The first-order chi connectivity index (χ1) is 6.74. The first-order valence-electron chi connectivity index (χ1n) is 5.01. The van der Waals surface area contributed by atoms with Gasteiger partial charge in [0.05, 0.1) is 0 Å². The van der Waals surface area contributed by atoms with Gasteiger partial charge in [-0.1, -0.05) is 18.2 Å². The van der Waals surface area contributed by atoms with Crippen LogP contribution in [0.4, 0.5) is 0 Å². The largest absolute Gasteiger partial charge is 0.358 e. The molecule has 2 nitrogen and oxygen atoms in total. The van der Waals surface area contributed by atoms with E-state index in [1.54, 1.807) is 0 Å². The lowest BCUT2D eigenvalue weighted by molar-refractivity contribution is 0.963. The maximum Gasteiger partial charge on any atom is 0.0488 e. The van der Waals surface area contributed by atoms with Crippen LogP contribution < -0.4 is 5.73 Å². The molecule has 2 heteroatoms. The van der Waals surface area contributed by atoms with Gasteiger partial charge in [0, 0.05) is 16.6 Å². The van der Waals surface area contributed by atoms with Crippen LogP contribution in [0.25, 0.3) is 10.9 Å². The van der Waals surface area contributed by atoms with E-state index in [9.17, 15) is 0 Å². The highest BCUT2D eigenvalue weighted by Crippen LogP contribution is 2.24. The Morgan fingerprint density at radius 1 is 1.29 bits per heavy atom. The van der Waals surface area contributed by atoms with E-state index in [2.05, 4.69) is 37.0 Å². The quantitative estimate of drug-likeness (QED) is 0.746. The first kappa shape index (κ1) is 9.28. The Bertz CT molecular complexity index is 455. The van der Waals surface area contributed by atoms with E-state index < -0.39 is 0 Å². The van der Waals surface area contributed by atoms with E-state index >= 15 is 0 Å². The number of benzene rings is 1. The molecule has 0 saturated carbocycles. The van der Waals surface area contributed by atoms with Gasteiger partial charge in [-0.3, -0.25) is 0 Å². The molecule has 0 atom stereocenters. The Morgan fingerprint density at radius 3 is 2.79 bits per heavy atom. The molecule has 0 spiro atoms. The normalized spacial score (nSPS) is 11.1. The van der Waals surface area contributed by atoms with E-state index in [0.29, 0.717) is 6.54 Å². The summed E-state index contributed by atoms with van der Waals surface area (Å²) in [6.07, 6.45) is 0.954. The third-order valence-electron chi connectivity index (χ3n) is 2.76. The first-order valence-corrected chi connectivity index (χ1v) is 5.01. The average Bonchev–Trinajstić information content (AvgIpc) is 2.47. The van der Waals surface area contributed by atoms with Crippen molar-refractivity contribution >= 4 is 10.9 Å². The lowest BCUT2D eigenvalue weighted by Gasteiger charge is -1.98. The summed E-state index contributed by atoms with van der Waals surface area (Å²) in [6, 6.07) is 6.40. The summed E-state index contributed by atoms with van der Waals surface area (Å²) in [7, 11) is 0. The Hall–Kier alpha value is -1.28. The molecular weight excluding hydrogens is 172 g/mol. The van der Waals surface area contributed by atoms with Crippen LogP contribution in [0.1, 0.15) is 16.8 Å². The van der Waals surface area contributed by atoms with Crippen molar-refractivity contribution < 1.29 is 0 Å². The Balaban J connectivity index is 2.70. The smallest absolute Gasteiger partial charge is 0.0488 e. The fraction of sp³-hybridized carbons (Fsp3) is 0.333. The molecule has 1 aromatic carbocycles. The number of rotatable bonds is 2. The van der Waals surface area contributed by atoms with Crippen molar-refractivity contribution in [1.82, 2.24) is 4.98 Å². The predicted octanol–water partition coefficient (Wildman–Crippen LogP) is 2.29. The molecule has 0 radical (unpaired) electrons. The number of fused-ring (bicyclic) bond motifs is 1. The molecule has 1 heterocycles. The lowest BCUT2D eigenvalue weighted by atomic mass is 10.1. The number of hydrogen-bond donors (Lipinski definition) is 2. The Morgan fingerprint density at radius 2 is 2.07 bits per heavy atom. The number of nitrogens with two attached hydrogens (primary N) is 1. The molecule has 0 aliphatic rings. The number of para-hydroxylation sites is 1. The van der Waals surface area contributed by atoms with Crippen LogP contribution in [-0.2, 0) is 6.42 Å². The van der Waals surface area contributed by atoms with Gasteiger partial charge in [0.25, 0.3) is 0 Å². The van der Waals surface area contributed by atoms with E-state index in [4.69, 9.17) is 5.73 Å². The van der Waals surface area contributed by atoms with Crippen LogP contribution in [0.2, 0.25) is 0 Å². The summed E-state index contributed by atoms with van der Waals surface area (Å²) in [6.45, 7) is 4.96. The topological polar surface area (TPSA) is 41.8 Å². The third kappa shape index (κ3) is 1.32. The Kier molecular flexibility index (Phi) is 2.30. The highest BCUT2D eigenvalue weighted by atomic mass is 14.7. The molecule has 0 saturated heterocycles. The molecule has 1 aromatic heterocycles. The molecule has 2 aromatic rings. The van der Waals surface area contributed by atoms with Gasteiger partial charge >= 0.3 is 0 Å². The van der Waals surface area contributed by atoms with Crippen molar-refractivity contribution in [1.29, 1.82) is 0 Å². The van der Waals surface area contributed by atoms with Gasteiger partial charge in [-0.25, -0.2) is 0 Å². The van der Waals surface area contributed by atoms with Gasteiger partial charge in [-0.15, -0.1) is 0 Å². The zero-order valence-electron chi connectivity index (χ0n) is 8.72. The summed E-state index contributed by atoms with van der Waals surface area (Å²) in [4.78, 5) is 3.42. The zero-order valence-corrected chi connectivity index (χ0v) is 8.72. The summed E-state index contributed by atoms with van der Waals surface area (Å²) in [5, 5.41) is 1.33. The minimum Gasteiger partial charge on any atom is -0.358 e. The molecule has 14 heavy (non-hydrogen) atoms. The number of hydrogen-bond acceptors (Lipinski definition) is 1. The lowest BCUT2D eigenvalue weighted by Crippen LogP contribution is -2.03. The zero-order chi connectivity index (χ0) is 10.1. The number of aromatic amines is 1. The summed E-state index contributed by atoms with van der Waals surface area (Å²) in [5.74, 6) is 0. The maximum atomic E-state index is 5.60. The van der Waals surface area contributed by atoms with Gasteiger partial charge < -0.3 is 10.7 Å². The van der Waals surface area contributed by atoms with Crippen LogP contribution in [0.5, 0.6) is 0 Å². The number of nitrogens with one attached hydrogen (secondary N) is 1. The number of H-pyrrole nitrogens is 1. The van der Waals surface area contributed by atoms with E-state index in [1.165, 1.54) is 27.7 Å². The summed E-state index contributed by atoms with van der Waals surface area (Å²) < 4.78 is 0. The fourth-order valence-electron chi connectivity index (χ4n) is 2.02. The molecule has 0 aliphatic carbocycles. The van der Waals surface area contributed by atoms with Gasteiger partial charge in [-0.05, 0) is 37.9 Å². The minimum atomic E-state index is 0.710. The van der Waals surface area contributed by atoms with Crippen molar-refractivity contribution in [3.63, 3.8) is 0 Å². The van der Waals surface area contributed by atoms with Crippen LogP contribution >= 0.6 is 0 Å². The predicted molar refractivity (Wildman–Crippen MR) is 60.5 cm³/mol. The Labute approximate surface area is 84.1 Å². The highest BCUT2D eigenvalue weighted by molar-refractivity contribution is 5.87. The standard InChI is InChI=1S/C12H16N2/c1-8-4-3-5-11-10(6-7-13)9(2)14-12(8)11/h3-5,14H,6-7,13H2,1-2H3. The van der Waals surface area contributed by atoms with Gasteiger partial charge in [-0.2, -0.15) is 0 Å². The molecule has 0 bridgehead atoms. The molecule has 2 rings (SSSR count). The van der Waals surface area contributed by atoms with Gasteiger partial charge in [0.15, 0.2) is 0 Å². The average molecular weight is 188 g/mol. The van der Waals surface area contributed by atoms with Crippen LogP contribution in [0.3, 0.4) is 0 Å². The van der Waals surface area contributed by atoms with Crippen molar-refractivity contribution in [2.24, 2.45) is 5.73 Å². The molecule has 3 N–H and O–H groups in total.